The van der Waals surface area contributed by atoms with Gasteiger partial charge in [0.05, 0.1) is 5.69 Å². The van der Waals surface area contributed by atoms with Crippen LogP contribution in [0.3, 0.4) is 0 Å². The Morgan fingerprint density at radius 3 is 2.57 bits per heavy atom. The predicted molar refractivity (Wildman–Crippen MR) is 92.5 cm³/mol. The SMILES string of the molecule is O=C(Nc1nc2c(s1)CCCC2)c1ccc(-n2cccc2)cc1. The maximum atomic E-state index is 12.4. The van der Waals surface area contributed by atoms with Crippen LogP contribution in [-0.2, 0) is 12.8 Å². The van der Waals surface area contributed by atoms with Gasteiger partial charge in [-0.15, -0.1) is 11.3 Å². The molecule has 0 unspecified atom stereocenters. The fraction of sp³-hybridized carbons (Fsp3) is 0.222. The van der Waals surface area contributed by atoms with Crippen LogP contribution in [0.5, 0.6) is 0 Å². The summed E-state index contributed by atoms with van der Waals surface area (Å²) in [5, 5.41) is 3.65. The molecule has 23 heavy (non-hydrogen) atoms. The van der Waals surface area contributed by atoms with Crippen LogP contribution >= 0.6 is 11.3 Å². The number of anilines is 1. The molecular weight excluding hydrogens is 306 g/mol. The zero-order chi connectivity index (χ0) is 15.6. The number of hydrogen-bond acceptors (Lipinski definition) is 3. The fourth-order valence-corrected chi connectivity index (χ4v) is 3.91. The van der Waals surface area contributed by atoms with Crippen molar-refractivity contribution in [3.63, 3.8) is 0 Å². The Morgan fingerprint density at radius 1 is 1.09 bits per heavy atom. The zero-order valence-electron chi connectivity index (χ0n) is 12.7. The van der Waals surface area contributed by atoms with Crippen molar-refractivity contribution in [3.05, 3.63) is 64.9 Å². The zero-order valence-corrected chi connectivity index (χ0v) is 13.5. The summed E-state index contributed by atoms with van der Waals surface area (Å²) in [6.45, 7) is 0. The third-order valence-electron chi connectivity index (χ3n) is 4.10. The van der Waals surface area contributed by atoms with Crippen LogP contribution in [0.4, 0.5) is 5.13 Å². The van der Waals surface area contributed by atoms with Gasteiger partial charge in [0.1, 0.15) is 0 Å². The fourth-order valence-electron chi connectivity index (χ4n) is 2.87. The lowest BCUT2D eigenvalue weighted by molar-refractivity contribution is 0.102. The highest BCUT2D eigenvalue weighted by molar-refractivity contribution is 7.15. The molecule has 1 aliphatic carbocycles. The van der Waals surface area contributed by atoms with Crippen molar-refractivity contribution < 1.29 is 4.79 Å². The van der Waals surface area contributed by atoms with E-state index in [0.717, 1.165) is 23.7 Å². The molecule has 0 aliphatic heterocycles. The minimum atomic E-state index is -0.102. The van der Waals surface area contributed by atoms with Gasteiger partial charge < -0.3 is 4.57 Å². The van der Waals surface area contributed by atoms with Crippen molar-refractivity contribution in [3.8, 4) is 5.69 Å². The van der Waals surface area contributed by atoms with Gasteiger partial charge in [-0.25, -0.2) is 4.98 Å². The van der Waals surface area contributed by atoms with E-state index in [1.807, 2.05) is 53.4 Å². The lowest BCUT2D eigenvalue weighted by Crippen LogP contribution is -2.11. The van der Waals surface area contributed by atoms with Gasteiger partial charge in [0.15, 0.2) is 5.13 Å². The number of aryl methyl sites for hydroxylation is 2. The van der Waals surface area contributed by atoms with E-state index < -0.39 is 0 Å². The summed E-state index contributed by atoms with van der Waals surface area (Å²) in [4.78, 5) is 18.3. The van der Waals surface area contributed by atoms with E-state index in [-0.39, 0.29) is 5.91 Å². The van der Waals surface area contributed by atoms with Crippen molar-refractivity contribution in [2.75, 3.05) is 5.32 Å². The van der Waals surface area contributed by atoms with Crippen molar-refractivity contribution >= 4 is 22.4 Å². The molecule has 1 aliphatic rings. The van der Waals surface area contributed by atoms with E-state index >= 15 is 0 Å². The van der Waals surface area contributed by atoms with E-state index in [0.29, 0.717) is 5.56 Å². The second-order valence-corrected chi connectivity index (χ2v) is 6.77. The van der Waals surface area contributed by atoms with Gasteiger partial charge in [0.2, 0.25) is 0 Å². The van der Waals surface area contributed by atoms with Crippen LogP contribution in [-0.4, -0.2) is 15.5 Å². The number of fused-ring (bicyclic) bond motifs is 1. The van der Waals surface area contributed by atoms with Gasteiger partial charge in [-0.1, -0.05) is 0 Å². The van der Waals surface area contributed by atoms with Gasteiger partial charge >= 0.3 is 0 Å². The second kappa shape index (κ2) is 6.01. The maximum absolute atomic E-state index is 12.4. The van der Waals surface area contributed by atoms with Crippen LogP contribution in [0.25, 0.3) is 5.69 Å². The number of aromatic nitrogens is 2. The molecule has 1 aromatic carbocycles. The molecule has 1 amide bonds. The number of hydrogen-bond donors (Lipinski definition) is 1. The molecule has 2 aromatic heterocycles. The Morgan fingerprint density at radius 2 is 1.83 bits per heavy atom. The second-order valence-electron chi connectivity index (χ2n) is 5.69. The first-order valence-corrected chi connectivity index (χ1v) is 8.64. The molecule has 0 fully saturated rings. The molecule has 3 aromatic rings. The van der Waals surface area contributed by atoms with E-state index in [1.54, 1.807) is 11.3 Å². The van der Waals surface area contributed by atoms with Crippen molar-refractivity contribution in [1.82, 2.24) is 9.55 Å². The number of rotatable bonds is 3. The smallest absolute Gasteiger partial charge is 0.257 e. The van der Waals surface area contributed by atoms with Crippen LogP contribution < -0.4 is 5.32 Å². The summed E-state index contributed by atoms with van der Waals surface area (Å²) in [5.41, 5.74) is 2.85. The minimum Gasteiger partial charge on any atom is -0.324 e. The predicted octanol–water partition coefficient (Wildman–Crippen LogP) is 4.06. The molecule has 1 N–H and O–H groups in total. The third kappa shape index (κ3) is 2.92. The van der Waals surface area contributed by atoms with Gasteiger partial charge in [0.25, 0.3) is 5.91 Å². The Labute approximate surface area is 138 Å². The molecular formula is C18H17N3OS. The van der Waals surface area contributed by atoms with E-state index in [1.165, 1.54) is 23.4 Å². The van der Waals surface area contributed by atoms with Crippen LogP contribution in [0.2, 0.25) is 0 Å². The van der Waals surface area contributed by atoms with Crippen LogP contribution in [0.15, 0.2) is 48.8 Å². The van der Waals surface area contributed by atoms with Crippen molar-refractivity contribution in [1.29, 1.82) is 0 Å². The largest absolute Gasteiger partial charge is 0.324 e. The normalized spacial score (nSPS) is 13.6. The molecule has 2 heterocycles. The topological polar surface area (TPSA) is 46.9 Å². The third-order valence-corrected chi connectivity index (χ3v) is 5.17. The minimum absolute atomic E-state index is 0.102. The first-order valence-electron chi connectivity index (χ1n) is 7.83. The monoisotopic (exact) mass is 323 g/mol. The Balaban J connectivity index is 1.49. The van der Waals surface area contributed by atoms with E-state index in [9.17, 15) is 4.79 Å². The van der Waals surface area contributed by atoms with E-state index in [2.05, 4.69) is 10.3 Å². The molecule has 0 radical (unpaired) electrons. The average Bonchev–Trinajstić information content (AvgIpc) is 3.24. The molecule has 0 atom stereocenters. The first kappa shape index (κ1) is 14.2. The number of amides is 1. The molecule has 0 saturated carbocycles. The number of carbonyl (C=O) groups is 1. The van der Waals surface area contributed by atoms with E-state index in [4.69, 9.17) is 0 Å². The standard InChI is InChI=1S/C18H17N3OS/c22-17(20-18-19-15-5-1-2-6-16(15)23-18)13-7-9-14(10-8-13)21-11-3-4-12-21/h3-4,7-12H,1-2,5-6H2,(H,19,20,22). The number of thiazole rings is 1. The van der Waals surface area contributed by atoms with Crippen molar-refractivity contribution in [2.45, 2.75) is 25.7 Å². The van der Waals surface area contributed by atoms with Gasteiger partial charge in [0, 0.05) is 28.5 Å². The molecule has 0 bridgehead atoms. The highest BCUT2D eigenvalue weighted by Gasteiger charge is 2.16. The first-order chi connectivity index (χ1) is 11.3. The van der Waals surface area contributed by atoms with Gasteiger partial charge in [-0.3, -0.25) is 10.1 Å². The summed E-state index contributed by atoms with van der Waals surface area (Å²) in [5.74, 6) is -0.102. The highest BCUT2D eigenvalue weighted by Crippen LogP contribution is 2.29. The Bertz CT molecular complexity index is 795. The summed E-state index contributed by atoms with van der Waals surface area (Å²) < 4.78 is 2.01. The number of carbonyl (C=O) groups excluding carboxylic acids is 1. The lowest BCUT2D eigenvalue weighted by atomic mass is 10.0. The van der Waals surface area contributed by atoms with Crippen LogP contribution in [0.1, 0.15) is 33.8 Å². The maximum Gasteiger partial charge on any atom is 0.257 e. The summed E-state index contributed by atoms with van der Waals surface area (Å²) in [7, 11) is 0. The number of benzene rings is 1. The molecule has 116 valence electrons. The number of nitrogens with zero attached hydrogens (tertiary/aromatic N) is 2. The lowest BCUT2D eigenvalue weighted by Gasteiger charge is -2.06. The van der Waals surface area contributed by atoms with Crippen LogP contribution in [0, 0.1) is 0 Å². The Kier molecular flexibility index (Phi) is 3.71. The summed E-state index contributed by atoms with van der Waals surface area (Å²) in [6.07, 6.45) is 8.51. The number of nitrogens with one attached hydrogen (secondary N) is 1. The molecule has 0 saturated heterocycles. The van der Waals surface area contributed by atoms with Gasteiger partial charge in [-0.2, -0.15) is 0 Å². The molecule has 4 nitrogen and oxygen atoms in total. The highest BCUT2D eigenvalue weighted by atomic mass is 32.1. The average molecular weight is 323 g/mol. The van der Waals surface area contributed by atoms with Gasteiger partial charge in [-0.05, 0) is 62.1 Å². The molecule has 4 rings (SSSR count). The van der Waals surface area contributed by atoms with Crippen molar-refractivity contribution in [2.24, 2.45) is 0 Å². The summed E-state index contributed by atoms with van der Waals surface area (Å²) in [6, 6.07) is 11.5. The molecule has 0 spiro atoms. The quantitative estimate of drug-likeness (QED) is 0.790. The molecule has 5 heteroatoms. The Hall–Kier alpha value is -2.40. The summed E-state index contributed by atoms with van der Waals surface area (Å²) >= 11 is 1.61.